The van der Waals surface area contributed by atoms with Crippen molar-refractivity contribution < 1.29 is 9.18 Å². The summed E-state index contributed by atoms with van der Waals surface area (Å²) >= 11 is 1.67. The number of nitrogens with one attached hydrogen (secondary N) is 1. The van der Waals surface area contributed by atoms with Gasteiger partial charge in [0, 0.05) is 0 Å². The summed E-state index contributed by atoms with van der Waals surface area (Å²) in [5.41, 5.74) is 6.61. The molecule has 0 aliphatic rings. The van der Waals surface area contributed by atoms with Gasteiger partial charge in [0.05, 0.1) is 12.1 Å². The van der Waals surface area contributed by atoms with Crippen molar-refractivity contribution in [1.29, 1.82) is 0 Å². The number of rotatable bonds is 6. The van der Waals surface area contributed by atoms with Crippen LogP contribution in [0.25, 0.3) is 0 Å². The van der Waals surface area contributed by atoms with Gasteiger partial charge >= 0.3 is 0 Å². The normalized spacial score (nSPS) is 14.6. The molecule has 0 bridgehead atoms. The molecule has 0 fully saturated rings. The molecule has 1 unspecified atom stereocenters. The molecule has 1 amide bonds. The van der Waals surface area contributed by atoms with Gasteiger partial charge in [0.15, 0.2) is 0 Å². The molecule has 0 saturated carbocycles. The molecule has 5 heteroatoms. The molecular weight excluding hydrogens is 287 g/mol. The van der Waals surface area contributed by atoms with Crippen LogP contribution in [-0.2, 0) is 4.79 Å². The molecule has 118 valence electrons. The van der Waals surface area contributed by atoms with Gasteiger partial charge in [-0.25, -0.2) is 4.39 Å². The van der Waals surface area contributed by atoms with Crippen molar-refractivity contribution >= 4 is 17.7 Å². The van der Waals surface area contributed by atoms with Crippen LogP contribution in [0.4, 0.5) is 4.39 Å². The standard InChI is InChI=1S/C16H25FN2OS/c1-16(2,3)14(11-5-7-12(17)8-6-11)19-15(20)13(18)9-10-21-4/h5-8,13-14H,9-10,18H2,1-4H3,(H,19,20)/t13-,14?/m0/s1. The highest BCUT2D eigenvalue weighted by Crippen LogP contribution is 2.32. The lowest BCUT2D eigenvalue weighted by molar-refractivity contribution is -0.124. The molecule has 3 nitrogen and oxygen atoms in total. The van der Waals surface area contributed by atoms with Gasteiger partial charge < -0.3 is 11.1 Å². The Hall–Kier alpha value is -1.07. The van der Waals surface area contributed by atoms with Gasteiger partial charge in [-0.3, -0.25) is 4.79 Å². The van der Waals surface area contributed by atoms with E-state index in [9.17, 15) is 9.18 Å². The minimum absolute atomic E-state index is 0.159. The number of carbonyl (C=O) groups is 1. The van der Waals surface area contributed by atoms with E-state index in [0.29, 0.717) is 6.42 Å². The number of benzene rings is 1. The summed E-state index contributed by atoms with van der Waals surface area (Å²) in [6.07, 6.45) is 2.63. The molecule has 1 rings (SSSR count). The predicted molar refractivity (Wildman–Crippen MR) is 87.7 cm³/mol. The Morgan fingerprint density at radius 3 is 2.38 bits per heavy atom. The Bertz CT molecular complexity index is 456. The fourth-order valence-corrected chi connectivity index (χ4v) is 2.57. The van der Waals surface area contributed by atoms with Crippen LogP contribution in [0.2, 0.25) is 0 Å². The largest absolute Gasteiger partial charge is 0.347 e. The third kappa shape index (κ3) is 5.67. The molecule has 0 heterocycles. The maximum atomic E-state index is 13.1. The van der Waals surface area contributed by atoms with Crippen LogP contribution in [0.15, 0.2) is 24.3 Å². The van der Waals surface area contributed by atoms with Crippen molar-refractivity contribution in [1.82, 2.24) is 5.32 Å². The van der Waals surface area contributed by atoms with Gasteiger partial charge in [0.2, 0.25) is 5.91 Å². The van der Waals surface area contributed by atoms with Crippen molar-refractivity contribution in [3.05, 3.63) is 35.6 Å². The Kier molecular flexibility index (Phi) is 6.68. The van der Waals surface area contributed by atoms with Gasteiger partial charge in [0.1, 0.15) is 5.82 Å². The van der Waals surface area contributed by atoms with Crippen LogP contribution in [0.3, 0.4) is 0 Å². The van der Waals surface area contributed by atoms with E-state index in [1.54, 1.807) is 23.9 Å². The number of halogens is 1. The first-order chi connectivity index (χ1) is 9.75. The van der Waals surface area contributed by atoms with Crippen LogP contribution in [0.5, 0.6) is 0 Å². The third-order valence-corrected chi connectivity index (χ3v) is 3.97. The zero-order valence-corrected chi connectivity index (χ0v) is 14.0. The first kappa shape index (κ1) is 18.0. The number of thioether (sulfide) groups is 1. The van der Waals surface area contributed by atoms with E-state index in [2.05, 4.69) is 5.32 Å². The molecule has 0 aliphatic heterocycles. The molecule has 0 saturated heterocycles. The van der Waals surface area contributed by atoms with Crippen LogP contribution in [-0.4, -0.2) is 24.0 Å². The Balaban J connectivity index is 2.85. The summed E-state index contributed by atoms with van der Waals surface area (Å²) in [7, 11) is 0. The van der Waals surface area contributed by atoms with Gasteiger partial charge in [-0.15, -0.1) is 0 Å². The van der Waals surface area contributed by atoms with E-state index >= 15 is 0 Å². The van der Waals surface area contributed by atoms with E-state index < -0.39 is 6.04 Å². The number of carbonyl (C=O) groups excluding carboxylic acids is 1. The summed E-state index contributed by atoms with van der Waals surface area (Å²) in [4.78, 5) is 12.2. The second-order valence-corrected chi connectivity index (χ2v) is 7.23. The highest BCUT2D eigenvalue weighted by Gasteiger charge is 2.29. The monoisotopic (exact) mass is 312 g/mol. The SMILES string of the molecule is CSCC[C@H](N)C(=O)NC(c1ccc(F)cc1)C(C)(C)C. The molecule has 1 aromatic rings. The molecule has 0 radical (unpaired) electrons. The molecular formula is C16H25FN2OS. The van der Waals surface area contributed by atoms with E-state index in [0.717, 1.165) is 11.3 Å². The molecule has 0 aliphatic carbocycles. The summed E-state index contributed by atoms with van der Waals surface area (Å²) in [6.45, 7) is 6.11. The lowest BCUT2D eigenvalue weighted by Gasteiger charge is -2.33. The summed E-state index contributed by atoms with van der Waals surface area (Å²) < 4.78 is 13.1. The number of nitrogens with two attached hydrogens (primary N) is 1. The minimum atomic E-state index is -0.511. The fourth-order valence-electron chi connectivity index (χ4n) is 2.08. The van der Waals surface area contributed by atoms with Crippen LogP contribution >= 0.6 is 11.8 Å². The Morgan fingerprint density at radius 1 is 1.33 bits per heavy atom. The maximum Gasteiger partial charge on any atom is 0.237 e. The van der Waals surface area contributed by atoms with Gasteiger partial charge in [-0.05, 0) is 41.5 Å². The van der Waals surface area contributed by atoms with Crippen LogP contribution in [0.1, 0.15) is 38.8 Å². The fraction of sp³-hybridized carbons (Fsp3) is 0.562. The average Bonchev–Trinajstić information content (AvgIpc) is 2.41. The smallest absolute Gasteiger partial charge is 0.237 e. The van der Waals surface area contributed by atoms with Crippen molar-refractivity contribution in [3.63, 3.8) is 0 Å². The second kappa shape index (κ2) is 7.80. The number of hydrogen-bond acceptors (Lipinski definition) is 3. The molecule has 21 heavy (non-hydrogen) atoms. The van der Waals surface area contributed by atoms with E-state index in [1.165, 1.54) is 12.1 Å². The molecule has 3 N–H and O–H groups in total. The topological polar surface area (TPSA) is 55.1 Å². The van der Waals surface area contributed by atoms with E-state index in [1.807, 2.05) is 27.0 Å². The average molecular weight is 312 g/mol. The zero-order chi connectivity index (χ0) is 16.0. The summed E-state index contributed by atoms with van der Waals surface area (Å²) in [6, 6.07) is 5.52. The highest BCUT2D eigenvalue weighted by atomic mass is 32.2. The van der Waals surface area contributed by atoms with Gasteiger partial charge in [-0.2, -0.15) is 11.8 Å². The summed E-state index contributed by atoms with van der Waals surface area (Å²) in [5.74, 6) is 0.411. The second-order valence-electron chi connectivity index (χ2n) is 6.25. The first-order valence-corrected chi connectivity index (χ1v) is 8.45. The molecule has 0 aromatic heterocycles. The van der Waals surface area contributed by atoms with Crippen LogP contribution < -0.4 is 11.1 Å². The number of hydrogen-bond donors (Lipinski definition) is 2. The van der Waals surface area contributed by atoms with Gasteiger partial charge in [0.25, 0.3) is 0 Å². The quantitative estimate of drug-likeness (QED) is 0.848. The van der Waals surface area contributed by atoms with Crippen molar-refractivity contribution in [3.8, 4) is 0 Å². The Morgan fingerprint density at radius 2 is 1.90 bits per heavy atom. The van der Waals surface area contributed by atoms with E-state index in [-0.39, 0.29) is 23.2 Å². The third-order valence-electron chi connectivity index (χ3n) is 3.33. The number of amides is 1. The minimum Gasteiger partial charge on any atom is -0.347 e. The molecule has 0 spiro atoms. The molecule has 1 aromatic carbocycles. The highest BCUT2D eigenvalue weighted by molar-refractivity contribution is 7.98. The Labute approximate surface area is 130 Å². The van der Waals surface area contributed by atoms with Crippen molar-refractivity contribution in [2.75, 3.05) is 12.0 Å². The van der Waals surface area contributed by atoms with Crippen molar-refractivity contribution in [2.24, 2.45) is 11.1 Å². The van der Waals surface area contributed by atoms with E-state index in [4.69, 9.17) is 5.73 Å². The lowest BCUT2D eigenvalue weighted by atomic mass is 9.82. The van der Waals surface area contributed by atoms with Gasteiger partial charge in [-0.1, -0.05) is 32.9 Å². The zero-order valence-electron chi connectivity index (χ0n) is 13.2. The lowest BCUT2D eigenvalue weighted by Crippen LogP contribution is -2.45. The maximum absolute atomic E-state index is 13.1. The molecule has 2 atom stereocenters. The first-order valence-electron chi connectivity index (χ1n) is 7.06. The summed E-state index contributed by atoms with van der Waals surface area (Å²) in [5, 5.41) is 3.01. The predicted octanol–water partition coefficient (Wildman–Crippen LogP) is 3.11. The van der Waals surface area contributed by atoms with Crippen molar-refractivity contribution in [2.45, 2.75) is 39.3 Å². The van der Waals surface area contributed by atoms with Crippen LogP contribution in [0, 0.1) is 11.2 Å².